The van der Waals surface area contributed by atoms with Crippen molar-refractivity contribution in [3.63, 3.8) is 0 Å². The number of benzene rings is 1. The number of hydrogen-bond donors (Lipinski definition) is 0. The third-order valence-corrected chi connectivity index (χ3v) is 7.21. The Hall–Kier alpha value is -1.93. The molecule has 1 amide bonds. The molecule has 1 aliphatic carbocycles. The minimum atomic E-state index is -3.53. The molecule has 7 nitrogen and oxygen atoms in total. The van der Waals surface area contributed by atoms with E-state index in [1.165, 1.54) is 4.31 Å². The number of esters is 1. The molecule has 0 bridgehead atoms. The van der Waals surface area contributed by atoms with Gasteiger partial charge in [0, 0.05) is 25.6 Å². The number of carbonyl (C=O) groups is 2. The van der Waals surface area contributed by atoms with Crippen LogP contribution in [0.3, 0.4) is 0 Å². The van der Waals surface area contributed by atoms with E-state index in [0.717, 1.165) is 12.8 Å². The maximum atomic E-state index is 13.0. The first-order valence-corrected chi connectivity index (χ1v) is 11.4. The highest BCUT2D eigenvalue weighted by Crippen LogP contribution is 2.31. The van der Waals surface area contributed by atoms with Gasteiger partial charge >= 0.3 is 5.97 Å². The van der Waals surface area contributed by atoms with Crippen molar-refractivity contribution in [1.82, 2.24) is 9.21 Å². The largest absolute Gasteiger partial charge is 0.465 e. The fraction of sp³-hybridized carbons (Fsp3) is 0.600. The summed E-state index contributed by atoms with van der Waals surface area (Å²) in [5.41, 5.74) is 0. The van der Waals surface area contributed by atoms with E-state index < -0.39 is 10.0 Å². The van der Waals surface area contributed by atoms with Crippen molar-refractivity contribution in [2.45, 2.75) is 37.5 Å². The highest BCUT2D eigenvalue weighted by Gasteiger charge is 2.36. The molecule has 2 aliphatic rings. The second-order valence-electron chi connectivity index (χ2n) is 7.46. The number of hydrogen-bond acceptors (Lipinski definition) is 5. The lowest BCUT2D eigenvalue weighted by Gasteiger charge is -2.33. The van der Waals surface area contributed by atoms with Gasteiger partial charge in [-0.05, 0) is 50.7 Å². The van der Waals surface area contributed by atoms with Gasteiger partial charge in [0.25, 0.3) is 0 Å². The van der Waals surface area contributed by atoms with Crippen LogP contribution in [-0.2, 0) is 24.3 Å². The fourth-order valence-corrected chi connectivity index (χ4v) is 5.04. The summed E-state index contributed by atoms with van der Waals surface area (Å²) in [6, 6.07) is 8.36. The van der Waals surface area contributed by atoms with E-state index in [9.17, 15) is 18.0 Å². The van der Waals surface area contributed by atoms with Crippen molar-refractivity contribution in [3.05, 3.63) is 30.3 Å². The van der Waals surface area contributed by atoms with Gasteiger partial charge in [0.2, 0.25) is 15.9 Å². The summed E-state index contributed by atoms with van der Waals surface area (Å²) in [4.78, 5) is 26.7. The Morgan fingerprint density at radius 3 is 2.32 bits per heavy atom. The van der Waals surface area contributed by atoms with Crippen LogP contribution in [0.15, 0.2) is 35.2 Å². The summed E-state index contributed by atoms with van der Waals surface area (Å²) < 4.78 is 31.9. The molecule has 154 valence electrons. The van der Waals surface area contributed by atoms with E-state index in [0.29, 0.717) is 45.0 Å². The molecule has 1 saturated heterocycles. The quantitative estimate of drug-likeness (QED) is 0.614. The predicted molar refractivity (Wildman–Crippen MR) is 104 cm³/mol. The van der Waals surface area contributed by atoms with E-state index in [-0.39, 0.29) is 29.2 Å². The predicted octanol–water partition coefficient (Wildman–Crippen LogP) is 1.89. The second-order valence-corrected chi connectivity index (χ2v) is 9.40. The van der Waals surface area contributed by atoms with Gasteiger partial charge in [-0.2, -0.15) is 4.31 Å². The van der Waals surface area contributed by atoms with Crippen LogP contribution in [0.2, 0.25) is 0 Å². The molecular formula is C20H28N2O5S. The zero-order valence-corrected chi connectivity index (χ0v) is 17.1. The molecule has 3 rings (SSSR count). The van der Waals surface area contributed by atoms with Crippen molar-refractivity contribution in [2.24, 2.45) is 11.8 Å². The number of amides is 1. The lowest BCUT2D eigenvalue weighted by Crippen LogP contribution is -2.46. The van der Waals surface area contributed by atoms with Crippen molar-refractivity contribution < 1.29 is 22.7 Å². The second kappa shape index (κ2) is 9.05. The molecule has 0 unspecified atom stereocenters. The molecule has 1 heterocycles. The van der Waals surface area contributed by atoms with Crippen LogP contribution in [0, 0.1) is 11.8 Å². The summed E-state index contributed by atoms with van der Waals surface area (Å²) in [6.45, 7) is 3.22. The van der Waals surface area contributed by atoms with Gasteiger partial charge in [0.15, 0.2) is 0 Å². The molecule has 1 aromatic rings. The average molecular weight is 409 g/mol. The van der Waals surface area contributed by atoms with E-state index in [1.54, 1.807) is 42.2 Å². The maximum absolute atomic E-state index is 13.0. The number of nitrogens with zero attached hydrogens (tertiary/aromatic N) is 2. The topological polar surface area (TPSA) is 84.0 Å². The Bertz CT molecular complexity index is 784. The minimum absolute atomic E-state index is 0.0221. The first-order valence-electron chi connectivity index (χ1n) is 9.91. The Kier molecular flexibility index (Phi) is 6.72. The average Bonchev–Trinajstić information content (AvgIpc) is 3.52. The molecule has 0 radical (unpaired) electrons. The Labute approximate surface area is 166 Å². The SMILES string of the molecule is CCOC(=O)CN(CC1CC1)C(=O)C1CCN(S(=O)(=O)c2ccccc2)CC1. The lowest BCUT2D eigenvalue weighted by molar-refractivity contribution is -0.150. The molecule has 0 N–H and O–H groups in total. The first kappa shape index (κ1) is 20.8. The molecular weight excluding hydrogens is 380 g/mol. The first-order chi connectivity index (χ1) is 13.4. The zero-order valence-electron chi connectivity index (χ0n) is 16.2. The smallest absolute Gasteiger partial charge is 0.325 e. The van der Waals surface area contributed by atoms with E-state index in [2.05, 4.69) is 0 Å². The Morgan fingerprint density at radius 1 is 1.11 bits per heavy atom. The standard InChI is InChI=1S/C20H28N2O5S/c1-2-27-19(23)15-21(14-16-8-9-16)20(24)17-10-12-22(13-11-17)28(25,26)18-6-4-3-5-7-18/h3-7,16-17H,2,8-15H2,1H3. The number of carbonyl (C=O) groups excluding carboxylic acids is 2. The van der Waals surface area contributed by atoms with Gasteiger partial charge in [0.1, 0.15) is 6.54 Å². The third kappa shape index (κ3) is 5.11. The van der Waals surface area contributed by atoms with Crippen LogP contribution in [-0.4, -0.2) is 62.3 Å². The van der Waals surface area contributed by atoms with E-state index in [1.807, 2.05) is 0 Å². The maximum Gasteiger partial charge on any atom is 0.325 e. The molecule has 2 fully saturated rings. The molecule has 0 atom stereocenters. The van der Waals surface area contributed by atoms with Gasteiger partial charge in [-0.1, -0.05) is 18.2 Å². The molecule has 28 heavy (non-hydrogen) atoms. The van der Waals surface area contributed by atoms with Crippen LogP contribution in [0.25, 0.3) is 0 Å². The summed E-state index contributed by atoms with van der Waals surface area (Å²) in [5, 5.41) is 0. The lowest BCUT2D eigenvalue weighted by atomic mass is 9.96. The summed E-state index contributed by atoms with van der Waals surface area (Å²) in [6.07, 6.45) is 3.10. The fourth-order valence-electron chi connectivity index (χ4n) is 3.55. The summed E-state index contributed by atoms with van der Waals surface area (Å²) in [7, 11) is -3.53. The number of sulfonamides is 1. The molecule has 8 heteroatoms. The third-order valence-electron chi connectivity index (χ3n) is 5.30. The van der Waals surface area contributed by atoms with Crippen molar-refractivity contribution in [3.8, 4) is 0 Å². The van der Waals surface area contributed by atoms with Crippen LogP contribution >= 0.6 is 0 Å². The van der Waals surface area contributed by atoms with Gasteiger partial charge < -0.3 is 9.64 Å². The van der Waals surface area contributed by atoms with Gasteiger partial charge in [0.05, 0.1) is 11.5 Å². The summed E-state index contributed by atoms with van der Waals surface area (Å²) >= 11 is 0. The molecule has 1 aromatic carbocycles. The highest BCUT2D eigenvalue weighted by atomic mass is 32.2. The number of rotatable bonds is 8. The number of piperidine rings is 1. The molecule has 1 aliphatic heterocycles. The summed E-state index contributed by atoms with van der Waals surface area (Å²) in [5.74, 6) is -0.232. The van der Waals surface area contributed by atoms with Gasteiger partial charge in [-0.3, -0.25) is 9.59 Å². The van der Waals surface area contributed by atoms with Crippen LogP contribution < -0.4 is 0 Å². The normalized spacial score (nSPS) is 18.6. The molecule has 1 saturated carbocycles. The molecule has 0 aromatic heterocycles. The van der Waals surface area contributed by atoms with Crippen LogP contribution in [0.4, 0.5) is 0 Å². The number of ether oxygens (including phenoxy) is 1. The van der Waals surface area contributed by atoms with Crippen molar-refractivity contribution >= 4 is 21.9 Å². The Balaban J connectivity index is 1.60. The highest BCUT2D eigenvalue weighted by molar-refractivity contribution is 7.89. The van der Waals surface area contributed by atoms with E-state index in [4.69, 9.17) is 4.74 Å². The van der Waals surface area contributed by atoms with Crippen molar-refractivity contribution in [2.75, 3.05) is 32.8 Å². The van der Waals surface area contributed by atoms with Crippen LogP contribution in [0.5, 0.6) is 0 Å². The van der Waals surface area contributed by atoms with E-state index >= 15 is 0 Å². The zero-order chi connectivity index (χ0) is 20.1. The Morgan fingerprint density at radius 2 is 1.75 bits per heavy atom. The van der Waals surface area contributed by atoms with Gasteiger partial charge in [-0.25, -0.2) is 8.42 Å². The monoisotopic (exact) mass is 408 g/mol. The van der Waals surface area contributed by atoms with Crippen LogP contribution in [0.1, 0.15) is 32.6 Å². The molecule has 0 spiro atoms. The minimum Gasteiger partial charge on any atom is -0.465 e. The van der Waals surface area contributed by atoms with Gasteiger partial charge in [-0.15, -0.1) is 0 Å². The van der Waals surface area contributed by atoms with Crippen molar-refractivity contribution in [1.29, 1.82) is 0 Å².